The molecule has 0 saturated carbocycles. The van der Waals surface area contributed by atoms with Gasteiger partial charge in [-0.1, -0.05) is 0 Å². The molecule has 0 fully saturated rings. The summed E-state index contributed by atoms with van der Waals surface area (Å²) in [5.74, 6) is 0. The Balaban J connectivity index is 3.00. The fourth-order valence-corrected chi connectivity index (χ4v) is 1.67. The van der Waals surface area contributed by atoms with E-state index in [1.807, 2.05) is 0 Å². The normalized spacial score (nSPS) is 13.0. The van der Waals surface area contributed by atoms with E-state index in [9.17, 15) is 3.74 Å². The van der Waals surface area contributed by atoms with E-state index >= 15 is 0 Å². The van der Waals surface area contributed by atoms with Crippen molar-refractivity contribution in [2.24, 2.45) is 0 Å². The fourth-order valence-electron chi connectivity index (χ4n) is 0.592. The van der Waals surface area contributed by atoms with E-state index in [1.54, 1.807) is 24.3 Å². The Morgan fingerprint density at radius 3 is 2.20 bits per heavy atom. The average molecular weight is 220 g/mol. The molecule has 0 aromatic heterocycles. The summed E-state index contributed by atoms with van der Waals surface area (Å²) in [6, 6.07) is 6.37. The Hall–Kier alpha value is -0.172. The Labute approximate surface area is 68.3 Å². The summed E-state index contributed by atoms with van der Waals surface area (Å²) in [6.45, 7) is 0. The SMILES string of the molecule is O=[AsH](O)c1ccc(Cl)cc1. The zero-order chi connectivity index (χ0) is 7.56. The van der Waals surface area contributed by atoms with Crippen LogP contribution in [0.25, 0.3) is 0 Å². The van der Waals surface area contributed by atoms with Crippen molar-refractivity contribution in [2.45, 2.75) is 0 Å². The first-order valence-electron chi connectivity index (χ1n) is 2.69. The van der Waals surface area contributed by atoms with Gasteiger partial charge in [0.2, 0.25) is 0 Å². The van der Waals surface area contributed by atoms with Crippen LogP contribution in [-0.4, -0.2) is 19.0 Å². The molecule has 0 aliphatic carbocycles. The third-order valence-electron chi connectivity index (χ3n) is 1.09. The molecule has 1 rings (SSSR count). The van der Waals surface area contributed by atoms with Crippen LogP contribution in [0.4, 0.5) is 0 Å². The number of hydrogen-bond acceptors (Lipinski definition) is 1. The van der Waals surface area contributed by atoms with Crippen LogP contribution in [0, 0.1) is 0 Å². The van der Waals surface area contributed by atoms with Crippen molar-refractivity contribution in [3.8, 4) is 0 Å². The van der Waals surface area contributed by atoms with Crippen molar-refractivity contribution >= 4 is 30.9 Å². The molecule has 0 spiro atoms. The second kappa shape index (κ2) is 3.29. The molecular weight excluding hydrogens is 214 g/mol. The van der Waals surface area contributed by atoms with Crippen LogP contribution >= 0.6 is 11.6 Å². The van der Waals surface area contributed by atoms with Crippen molar-refractivity contribution in [3.63, 3.8) is 0 Å². The van der Waals surface area contributed by atoms with Crippen LogP contribution < -0.4 is 4.35 Å². The van der Waals surface area contributed by atoms with Gasteiger partial charge in [-0.05, 0) is 0 Å². The summed E-state index contributed by atoms with van der Waals surface area (Å²) in [5, 5.41) is 0.586. The molecule has 0 bridgehead atoms. The Kier molecular flexibility index (Phi) is 2.61. The van der Waals surface area contributed by atoms with Gasteiger partial charge in [0.1, 0.15) is 0 Å². The minimum absolute atomic E-state index is 0.504. The molecule has 1 aromatic rings. The average Bonchev–Trinajstić information content (AvgIpc) is 1.88. The zero-order valence-corrected chi connectivity index (χ0v) is 7.90. The number of benzene rings is 1. The van der Waals surface area contributed by atoms with Crippen LogP contribution in [0.5, 0.6) is 0 Å². The van der Waals surface area contributed by atoms with Gasteiger partial charge >= 0.3 is 68.0 Å². The van der Waals surface area contributed by atoms with Crippen LogP contribution in [0.15, 0.2) is 24.3 Å². The molecule has 1 atom stereocenters. The van der Waals surface area contributed by atoms with Crippen molar-refractivity contribution < 1.29 is 7.84 Å². The van der Waals surface area contributed by atoms with E-state index in [4.69, 9.17) is 15.7 Å². The zero-order valence-electron chi connectivity index (χ0n) is 5.04. The van der Waals surface area contributed by atoms with Crippen LogP contribution in [0.1, 0.15) is 0 Å². The van der Waals surface area contributed by atoms with Gasteiger partial charge in [0.25, 0.3) is 0 Å². The maximum atomic E-state index is 10.5. The van der Waals surface area contributed by atoms with Gasteiger partial charge in [-0.3, -0.25) is 0 Å². The fraction of sp³-hybridized carbons (Fsp3) is 0. The van der Waals surface area contributed by atoms with Gasteiger partial charge in [0.15, 0.2) is 0 Å². The molecule has 0 aliphatic rings. The van der Waals surface area contributed by atoms with Gasteiger partial charge in [-0.2, -0.15) is 0 Å². The quantitative estimate of drug-likeness (QED) is 0.686. The first kappa shape index (κ1) is 7.93. The van der Waals surface area contributed by atoms with Crippen molar-refractivity contribution in [3.05, 3.63) is 29.3 Å². The van der Waals surface area contributed by atoms with Crippen LogP contribution in [-0.2, 0) is 3.74 Å². The third-order valence-corrected chi connectivity index (χ3v) is 3.08. The third kappa shape index (κ3) is 1.91. The van der Waals surface area contributed by atoms with E-state index in [-0.39, 0.29) is 0 Å². The molecular formula is C6H6AsClO2. The second-order valence-electron chi connectivity index (χ2n) is 1.81. The molecule has 1 aromatic carbocycles. The summed E-state index contributed by atoms with van der Waals surface area (Å²) in [4.78, 5) is 0. The van der Waals surface area contributed by atoms with E-state index < -0.39 is 14.9 Å². The molecule has 0 aliphatic heterocycles. The molecule has 0 heterocycles. The molecule has 0 radical (unpaired) electrons. The number of hydrogen-bond donors (Lipinski definition) is 1. The summed E-state index contributed by atoms with van der Waals surface area (Å²) in [6.07, 6.45) is 0. The van der Waals surface area contributed by atoms with Gasteiger partial charge in [0, 0.05) is 0 Å². The topological polar surface area (TPSA) is 37.3 Å². The van der Waals surface area contributed by atoms with Crippen LogP contribution in [0.3, 0.4) is 0 Å². The maximum absolute atomic E-state index is 10.5. The van der Waals surface area contributed by atoms with E-state index in [0.717, 1.165) is 0 Å². The van der Waals surface area contributed by atoms with E-state index in [0.29, 0.717) is 9.37 Å². The minimum atomic E-state index is -3.10. The summed E-state index contributed by atoms with van der Waals surface area (Å²) < 4.78 is 19.7. The monoisotopic (exact) mass is 220 g/mol. The summed E-state index contributed by atoms with van der Waals surface area (Å²) >= 11 is 2.45. The second-order valence-corrected chi connectivity index (χ2v) is 4.74. The molecule has 0 amide bonds. The Bertz CT molecular complexity index is 244. The number of rotatable bonds is 1. The van der Waals surface area contributed by atoms with E-state index in [1.165, 1.54) is 0 Å². The van der Waals surface area contributed by atoms with E-state index in [2.05, 4.69) is 0 Å². The predicted molar refractivity (Wildman–Crippen MR) is 41.1 cm³/mol. The van der Waals surface area contributed by atoms with Gasteiger partial charge < -0.3 is 0 Å². The predicted octanol–water partition coefficient (Wildman–Crippen LogP) is 0.190. The molecule has 2 nitrogen and oxygen atoms in total. The summed E-state index contributed by atoms with van der Waals surface area (Å²) in [5.41, 5.74) is 0. The molecule has 1 N–H and O–H groups in total. The van der Waals surface area contributed by atoms with Crippen LogP contribution in [0.2, 0.25) is 5.02 Å². The van der Waals surface area contributed by atoms with Crippen molar-refractivity contribution in [1.29, 1.82) is 0 Å². The first-order chi connectivity index (χ1) is 4.70. The number of halogens is 1. The molecule has 10 heavy (non-hydrogen) atoms. The van der Waals surface area contributed by atoms with Gasteiger partial charge in [-0.15, -0.1) is 0 Å². The standard InChI is InChI=1S/C6H6AsClO2/c8-6-3-1-5(2-4-6)7(9)10/h1-4,7H,(H,9,10). The molecule has 4 heteroatoms. The van der Waals surface area contributed by atoms with Crippen molar-refractivity contribution in [1.82, 2.24) is 0 Å². The molecule has 1 unspecified atom stereocenters. The van der Waals surface area contributed by atoms with Gasteiger partial charge in [-0.25, -0.2) is 0 Å². The van der Waals surface area contributed by atoms with Gasteiger partial charge in [0.05, 0.1) is 0 Å². The summed E-state index contributed by atoms with van der Waals surface area (Å²) in [7, 11) is 0. The first-order valence-corrected chi connectivity index (χ1v) is 5.91. The van der Waals surface area contributed by atoms with Crippen molar-refractivity contribution in [2.75, 3.05) is 0 Å². The molecule has 0 saturated heterocycles. The Morgan fingerprint density at radius 1 is 1.30 bits per heavy atom. The molecule has 54 valence electrons. The Morgan fingerprint density at radius 2 is 1.80 bits per heavy atom.